The lowest BCUT2D eigenvalue weighted by molar-refractivity contribution is 0.0730. The van der Waals surface area contributed by atoms with Crippen molar-refractivity contribution in [3.05, 3.63) is 47.3 Å². The fourth-order valence-corrected chi connectivity index (χ4v) is 6.02. The highest BCUT2D eigenvalue weighted by atomic mass is 32.2. The first-order valence-corrected chi connectivity index (χ1v) is 12.4. The highest BCUT2D eigenvalue weighted by Crippen LogP contribution is 2.25. The van der Waals surface area contributed by atoms with E-state index in [1.165, 1.54) is 10.7 Å². The van der Waals surface area contributed by atoms with E-state index in [0.717, 1.165) is 43.0 Å². The van der Waals surface area contributed by atoms with Crippen LogP contribution < -0.4 is 0 Å². The van der Waals surface area contributed by atoms with Gasteiger partial charge in [-0.25, -0.2) is 8.42 Å². The maximum atomic E-state index is 13.1. The summed E-state index contributed by atoms with van der Waals surface area (Å²) in [7, 11) is -3.58. The minimum absolute atomic E-state index is 0.123. The molecule has 4 rings (SSSR count). The third-order valence-corrected chi connectivity index (χ3v) is 8.13. The number of aromatic nitrogens is 1. The number of sulfonamides is 1. The van der Waals surface area contributed by atoms with E-state index in [2.05, 4.69) is 4.90 Å². The van der Waals surface area contributed by atoms with E-state index in [1.54, 1.807) is 18.2 Å². The standard InChI is InChI=1S/C23H31N3O4S/c1-18-15-22(23(27)17-24-9-4-3-5-10-24)19(2)26(18)20-7-6-8-21(16-20)31(28,29)25-11-13-30-14-12-25/h6-8,15-16H,3-5,9-14,17H2,1-2H3. The van der Waals surface area contributed by atoms with E-state index < -0.39 is 10.0 Å². The number of Topliss-reactive ketones (excluding diaryl/α,β-unsaturated/α-hetero) is 1. The van der Waals surface area contributed by atoms with Crippen molar-refractivity contribution in [2.24, 2.45) is 0 Å². The van der Waals surface area contributed by atoms with Crippen LogP contribution >= 0.6 is 0 Å². The minimum Gasteiger partial charge on any atom is -0.379 e. The Morgan fingerprint density at radius 3 is 2.42 bits per heavy atom. The number of piperidine rings is 1. The molecule has 0 bridgehead atoms. The molecule has 0 atom stereocenters. The molecule has 0 spiro atoms. The fraction of sp³-hybridized carbons (Fsp3) is 0.522. The number of benzene rings is 1. The second kappa shape index (κ2) is 9.24. The van der Waals surface area contributed by atoms with Gasteiger partial charge in [-0.15, -0.1) is 0 Å². The number of morpholine rings is 1. The maximum absolute atomic E-state index is 13.1. The van der Waals surface area contributed by atoms with Crippen LogP contribution in [0.5, 0.6) is 0 Å². The second-order valence-corrected chi connectivity index (χ2v) is 10.3. The number of aryl methyl sites for hydroxylation is 1. The van der Waals surface area contributed by atoms with E-state index in [9.17, 15) is 13.2 Å². The first-order valence-electron chi connectivity index (χ1n) is 11.0. The molecule has 1 aromatic heterocycles. The molecule has 2 fully saturated rings. The predicted octanol–water partition coefficient (Wildman–Crippen LogP) is 2.78. The van der Waals surface area contributed by atoms with Gasteiger partial charge in [0, 0.05) is 35.7 Å². The van der Waals surface area contributed by atoms with Crippen LogP contribution in [0.1, 0.15) is 41.0 Å². The quantitative estimate of drug-likeness (QED) is 0.640. The van der Waals surface area contributed by atoms with Gasteiger partial charge in [-0.2, -0.15) is 4.31 Å². The van der Waals surface area contributed by atoms with Crippen molar-refractivity contribution in [1.29, 1.82) is 0 Å². The molecule has 2 aromatic rings. The second-order valence-electron chi connectivity index (χ2n) is 8.39. The number of ether oxygens (including phenoxy) is 1. The number of carbonyl (C=O) groups is 1. The molecule has 0 unspecified atom stereocenters. The van der Waals surface area contributed by atoms with E-state index in [4.69, 9.17) is 4.74 Å². The van der Waals surface area contributed by atoms with Crippen LogP contribution in [-0.4, -0.2) is 73.9 Å². The maximum Gasteiger partial charge on any atom is 0.243 e. The molecule has 2 aliphatic heterocycles. The van der Waals surface area contributed by atoms with Crippen molar-refractivity contribution in [3.8, 4) is 5.69 Å². The number of hydrogen-bond acceptors (Lipinski definition) is 5. The molecule has 8 heteroatoms. The highest BCUT2D eigenvalue weighted by molar-refractivity contribution is 7.89. The number of nitrogens with zero attached hydrogens (tertiary/aromatic N) is 3. The molecule has 31 heavy (non-hydrogen) atoms. The summed E-state index contributed by atoms with van der Waals surface area (Å²) in [5, 5.41) is 0. The minimum atomic E-state index is -3.58. The topological polar surface area (TPSA) is 71.9 Å². The summed E-state index contributed by atoms with van der Waals surface area (Å²) in [6, 6.07) is 8.90. The lowest BCUT2D eigenvalue weighted by Gasteiger charge is -2.26. The van der Waals surface area contributed by atoms with Gasteiger partial charge in [0.05, 0.1) is 24.7 Å². The molecular weight excluding hydrogens is 414 g/mol. The predicted molar refractivity (Wildman–Crippen MR) is 119 cm³/mol. The van der Waals surface area contributed by atoms with E-state index in [-0.39, 0.29) is 10.7 Å². The molecule has 0 aliphatic carbocycles. The van der Waals surface area contributed by atoms with Gasteiger partial charge in [-0.1, -0.05) is 12.5 Å². The van der Waals surface area contributed by atoms with E-state index >= 15 is 0 Å². The number of ketones is 1. The summed E-state index contributed by atoms with van der Waals surface area (Å²) < 4.78 is 34.9. The number of likely N-dealkylation sites (tertiary alicyclic amines) is 1. The van der Waals surface area contributed by atoms with Crippen molar-refractivity contribution in [2.75, 3.05) is 45.9 Å². The summed E-state index contributed by atoms with van der Waals surface area (Å²) in [6.07, 6.45) is 3.54. The van der Waals surface area contributed by atoms with E-state index in [0.29, 0.717) is 38.4 Å². The van der Waals surface area contributed by atoms with Crippen LogP contribution in [0.15, 0.2) is 35.2 Å². The van der Waals surface area contributed by atoms with Gasteiger partial charge in [0.15, 0.2) is 5.78 Å². The Labute approximate surface area is 184 Å². The van der Waals surface area contributed by atoms with Crippen LogP contribution in [0, 0.1) is 13.8 Å². The van der Waals surface area contributed by atoms with Gasteiger partial charge in [-0.3, -0.25) is 9.69 Å². The van der Waals surface area contributed by atoms with Gasteiger partial charge in [0.1, 0.15) is 0 Å². The molecule has 1 aromatic carbocycles. The van der Waals surface area contributed by atoms with Crippen molar-refractivity contribution in [3.63, 3.8) is 0 Å². The first kappa shape index (κ1) is 22.2. The Bertz CT molecular complexity index is 1050. The van der Waals surface area contributed by atoms with Crippen molar-refractivity contribution in [1.82, 2.24) is 13.8 Å². The lowest BCUT2D eigenvalue weighted by Crippen LogP contribution is -2.40. The zero-order valence-electron chi connectivity index (χ0n) is 18.3. The SMILES string of the molecule is Cc1cc(C(=O)CN2CCCCC2)c(C)n1-c1cccc(S(=O)(=O)N2CCOCC2)c1. The average molecular weight is 446 g/mol. The van der Waals surface area contributed by atoms with Crippen LogP contribution in [0.4, 0.5) is 0 Å². The smallest absolute Gasteiger partial charge is 0.243 e. The summed E-state index contributed by atoms with van der Waals surface area (Å²) >= 11 is 0. The number of rotatable bonds is 6. The summed E-state index contributed by atoms with van der Waals surface area (Å²) in [4.78, 5) is 15.5. The normalized spacial score (nSPS) is 18.9. The Morgan fingerprint density at radius 1 is 1.00 bits per heavy atom. The number of carbonyl (C=O) groups excluding carboxylic acids is 1. The van der Waals surface area contributed by atoms with Crippen molar-refractivity contribution >= 4 is 15.8 Å². The molecule has 0 amide bonds. The molecule has 0 N–H and O–H groups in total. The van der Waals surface area contributed by atoms with Crippen LogP contribution in [-0.2, 0) is 14.8 Å². The fourth-order valence-electron chi connectivity index (χ4n) is 4.57. The molecule has 3 heterocycles. The largest absolute Gasteiger partial charge is 0.379 e. The van der Waals surface area contributed by atoms with Crippen LogP contribution in [0.25, 0.3) is 5.69 Å². The van der Waals surface area contributed by atoms with Gasteiger partial charge in [0.2, 0.25) is 10.0 Å². The molecular formula is C23H31N3O4S. The number of hydrogen-bond donors (Lipinski definition) is 0. The highest BCUT2D eigenvalue weighted by Gasteiger charge is 2.27. The van der Waals surface area contributed by atoms with Crippen molar-refractivity contribution in [2.45, 2.75) is 38.0 Å². The third kappa shape index (κ3) is 4.62. The van der Waals surface area contributed by atoms with Gasteiger partial charge in [-0.05, 0) is 64.0 Å². The molecule has 0 radical (unpaired) electrons. The monoisotopic (exact) mass is 445 g/mol. The third-order valence-electron chi connectivity index (χ3n) is 6.23. The van der Waals surface area contributed by atoms with Crippen molar-refractivity contribution < 1.29 is 17.9 Å². The first-order chi connectivity index (χ1) is 14.9. The zero-order valence-corrected chi connectivity index (χ0v) is 19.2. The molecule has 2 aliphatic rings. The molecule has 0 saturated carbocycles. The van der Waals surface area contributed by atoms with Gasteiger partial charge in [0.25, 0.3) is 0 Å². The van der Waals surface area contributed by atoms with Crippen LogP contribution in [0.2, 0.25) is 0 Å². The Morgan fingerprint density at radius 2 is 1.71 bits per heavy atom. The Balaban J connectivity index is 1.61. The van der Waals surface area contributed by atoms with Gasteiger partial charge < -0.3 is 9.30 Å². The Kier molecular flexibility index (Phi) is 6.62. The Hall–Kier alpha value is -2.00. The summed E-state index contributed by atoms with van der Waals surface area (Å²) in [5.41, 5.74) is 3.23. The van der Waals surface area contributed by atoms with E-state index in [1.807, 2.05) is 30.5 Å². The summed E-state index contributed by atoms with van der Waals surface area (Å²) in [6.45, 7) is 7.84. The molecule has 7 nitrogen and oxygen atoms in total. The van der Waals surface area contributed by atoms with Gasteiger partial charge >= 0.3 is 0 Å². The molecule has 2 saturated heterocycles. The zero-order chi connectivity index (χ0) is 22.0. The lowest BCUT2D eigenvalue weighted by atomic mass is 10.1. The van der Waals surface area contributed by atoms with Crippen LogP contribution in [0.3, 0.4) is 0 Å². The summed E-state index contributed by atoms with van der Waals surface area (Å²) in [5.74, 6) is 0.123. The molecule has 168 valence electrons. The average Bonchev–Trinajstić information content (AvgIpc) is 3.09.